The average molecular weight is 533 g/mol. The maximum atomic E-state index is 13.3. The molecule has 0 radical (unpaired) electrons. The summed E-state index contributed by atoms with van der Waals surface area (Å²) in [6.45, 7) is 21.1. The Morgan fingerprint density at radius 3 is 2.00 bits per heavy atom. The molecule has 0 aromatic heterocycles. The van der Waals surface area contributed by atoms with Crippen molar-refractivity contribution >= 4 is 27.5 Å². The Labute approximate surface area is 214 Å². The number of nitrogens with one attached hydrogen (secondary N) is 1. The number of hydrogen-bond acceptors (Lipinski definition) is 3. The molecule has 0 bridgehead atoms. The van der Waals surface area contributed by atoms with Gasteiger partial charge in [-0.25, -0.2) is 0 Å². The van der Waals surface area contributed by atoms with Gasteiger partial charge in [0.2, 0.25) is 0 Å². The van der Waals surface area contributed by atoms with Gasteiger partial charge in [0, 0.05) is 10.9 Å². The Kier molecular flexibility index (Phi) is 8.56. The largest absolute Gasteiger partial charge is 0.505 e. The monoisotopic (exact) mass is 531 g/mol. The second kappa shape index (κ2) is 10.3. The van der Waals surface area contributed by atoms with Crippen LogP contribution >= 0.6 is 15.9 Å². The van der Waals surface area contributed by atoms with Gasteiger partial charge in [0.05, 0.1) is 5.69 Å². The summed E-state index contributed by atoms with van der Waals surface area (Å²) < 4.78 is 6.31. The van der Waals surface area contributed by atoms with E-state index in [2.05, 4.69) is 74.9 Å². The van der Waals surface area contributed by atoms with Gasteiger partial charge in [0.15, 0.2) is 6.10 Å². The minimum atomic E-state index is -0.688. The van der Waals surface area contributed by atoms with Crippen molar-refractivity contribution in [1.82, 2.24) is 0 Å². The highest BCUT2D eigenvalue weighted by Crippen LogP contribution is 2.39. The van der Waals surface area contributed by atoms with Crippen molar-refractivity contribution in [2.45, 2.75) is 103 Å². The second-order valence-electron chi connectivity index (χ2n) is 12.1. The molecule has 1 unspecified atom stereocenters. The third kappa shape index (κ3) is 6.78. The Bertz CT molecular complexity index is 1020. The number of phenols is 1. The molecule has 2 N–H and O–H groups in total. The van der Waals surface area contributed by atoms with Gasteiger partial charge in [-0.2, -0.15) is 0 Å². The van der Waals surface area contributed by atoms with E-state index in [1.165, 1.54) is 5.56 Å². The summed E-state index contributed by atoms with van der Waals surface area (Å²) in [6.07, 6.45) is -0.187. The highest BCUT2D eigenvalue weighted by Gasteiger charge is 2.28. The van der Waals surface area contributed by atoms with Gasteiger partial charge in [-0.1, -0.05) is 103 Å². The standard InChI is InChI=1S/C29H42BrNO3/c1-11-23(34-24-13-12-19(27(2,3)4)16-20(24)28(5,6)7)26(33)31-22-15-18(17-30)14-21(25(22)32)29(8,9)10/h12-16,23,32H,11,17H2,1-10H3,(H,31,33). The zero-order valence-corrected chi connectivity index (χ0v) is 24.1. The molecule has 0 aliphatic carbocycles. The van der Waals surface area contributed by atoms with E-state index in [1.807, 2.05) is 45.9 Å². The Morgan fingerprint density at radius 2 is 1.53 bits per heavy atom. The van der Waals surface area contributed by atoms with Gasteiger partial charge in [-0.05, 0) is 51.5 Å². The van der Waals surface area contributed by atoms with E-state index in [4.69, 9.17) is 4.74 Å². The van der Waals surface area contributed by atoms with E-state index < -0.39 is 6.10 Å². The van der Waals surface area contributed by atoms with E-state index in [1.54, 1.807) is 0 Å². The number of aromatic hydroxyl groups is 1. The van der Waals surface area contributed by atoms with Gasteiger partial charge >= 0.3 is 0 Å². The maximum Gasteiger partial charge on any atom is 0.265 e. The molecule has 1 atom stereocenters. The van der Waals surface area contributed by atoms with Crippen molar-refractivity contribution in [2.75, 3.05) is 5.32 Å². The van der Waals surface area contributed by atoms with Gasteiger partial charge in [-0.3, -0.25) is 4.79 Å². The molecule has 0 fully saturated rings. The third-order valence-electron chi connectivity index (χ3n) is 5.98. The van der Waals surface area contributed by atoms with Crippen molar-refractivity contribution in [3.8, 4) is 11.5 Å². The molecule has 34 heavy (non-hydrogen) atoms. The summed E-state index contributed by atoms with van der Waals surface area (Å²) in [4.78, 5) is 13.3. The number of amides is 1. The SMILES string of the molecule is CCC(Oc1ccc(C(C)(C)C)cc1C(C)(C)C)C(=O)Nc1cc(CBr)cc(C(C)(C)C)c1O. The molecule has 0 aliphatic rings. The fourth-order valence-electron chi connectivity index (χ4n) is 3.81. The number of phenolic OH excluding ortho intramolecular Hbond substituents is 1. The summed E-state index contributed by atoms with van der Waals surface area (Å²) in [7, 11) is 0. The first-order valence-electron chi connectivity index (χ1n) is 12.0. The van der Waals surface area contributed by atoms with Crippen molar-refractivity contribution in [3.63, 3.8) is 0 Å². The van der Waals surface area contributed by atoms with Crippen LogP contribution in [0.2, 0.25) is 0 Å². The van der Waals surface area contributed by atoms with Crippen molar-refractivity contribution in [3.05, 3.63) is 52.6 Å². The third-order valence-corrected chi connectivity index (χ3v) is 6.62. The fraction of sp³-hybridized carbons (Fsp3) is 0.552. The van der Waals surface area contributed by atoms with E-state index in [0.29, 0.717) is 17.4 Å². The molecule has 4 nitrogen and oxygen atoms in total. The highest BCUT2D eigenvalue weighted by atomic mass is 79.9. The van der Waals surface area contributed by atoms with Crippen molar-refractivity contribution in [2.24, 2.45) is 0 Å². The lowest BCUT2D eigenvalue weighted by atomic mass is 9.80. The number of carbonyl (C=O) groups is 1. The Balaban J connectivity index is 2.40. The normalized spacial score (nSPS) is 13.5. The molecule has 2 aromatic rings. The lowest BCUT2D eigenvalue weighted by Gasteiger charge is -2.29. The predicted octanol–water partition coefficient (Wildman–Crippen LogP) is 7.98. The van der Waals surface area contributed by atoms with E-state index in [9.17, 15) is 9.90 Å². The van der Waals surface area contributed by atoms with E-state index in [-0.39, 0.29) is 27.9 Å². The van der Waals surface area contributed by atoms with Crippen LogP contribution in [0.5, 0.6) is 11.5 Å². The smallest absolute Gasteiger partial charge is 0.265 e. The maximum absolute atomic E-state index is 13.3. The average Bonchev–Trinajstić information content (AvgIpc) is 2.70. The molecule has 2 rings (SSSR count). The van der Waals surface area contributed by atoms with Crippen LogP contribution in [-0.2, 0) is 26.4 Å². The van der Waals surface area contributed by atoms with Crippen LogP contribution < -0.4 is 10.1 Å². The Morgan fingerprint density at radius 1 is 0.941 bits per heavy atom. The van der Waals surface area contributed by atoms with Crippen LogP contribution in [0.1, 0.15) is 97.9 Å². The molecule has 188 valence electrons. The number of alkyl halides is 1. The zero-order valence-electron chi connectivity index (χ0n) is 22.5. The molecule has 5 heteroatoms. The molecule has 2 aromatic carbocycles. The van der Waals surface area contributed by atoms with Crippen molar-refractivity contribution < 1.29 is 14.6 Å². The van der Waals surface area contributed by atoms with E-state index in [0.717, 1.165) is 22.4 Å². The number of rotatable bonds is 6. The van der Waals surface area contributed by atoms with Gasteiger partial charge in [-0.15, -0.1) is 0 Å². The highest BCUT2D eigenvalue weighted by molar-refractivity contribution is 9.08. The molecule has 0 aliphatic heterocycles. The summed E-state index contributed by atoms with van der Waals surface area (Å²) in [5.74, 6) is 0.547. The number of halogens is 1. The first-order valence-corrected chi connectivity index (χ1v) is 13.2. The Hall–Kier alpha value is -2.01. The first-order chi connectivity index (χ1) is 15.5. The second-order valence-corrected chi connectivity index (χ2v) is 12.7. The van der Waals surface area contributed by atoms with Gasteiger partial charge < -0.3 is 15.2 Å². The van der Waals surface area contributed by atoms with E-state index >= 15 is 0 Å². The minimum absolute atomic E-state index is 0.0167. The van der Waals surface area contributed by atoms with Gasteiger partial charge in [0.25, 0.3) is 5.91 Å². The van der Waals surface area contributed by atoms with Crippen LogP contribution in [0, 0.1) is 0 Å². The minimum Gasteiger partial charge on any atom is -0.505 e. The molecule has 0 saturated carbocycles. The number of ether oxygens (including phenoxy) is 1. The number of anilines is 1. The summed E-state index contributed by atoms with van der Waals surface area (Å²) in [5.41, 5.74) is 4.10. The predicted molar refractivity (Wildman–Crippen MR) is 147 cm³/mol. The number of hydrogen-bond donors (Lipinski definition) is 2. The van der Waals surface area contributed by atoms with Crippen LogP contribution in [0.3, 0.4) is 0 Å². The summed E-state index contributed by atoms with van der Waals surface area (Å²) >= 11 is 3.50. The van der Waals surface area contributed by atoms with Crippen molar-refractivity contribution in [1.29, 1.82) is 0 Å². The molecular weight excluding hydrogens is 490 g/mol. The number of benzene rings is 2. The van der Waals surface area contributed by atoms with Crippen LogP contribution in [-0.4, -0.2) is 17.1 Å². The fourth-order valence-corrected chi connectivity index (χ4v) is 4.14. The van der Waals surface area contributed by atoms with Crippen LogP contribution in [0.15, 0.2) is 30.3 Å². The molecular formula is C29H42BrNO3. The first kappa shape index (κ1) is 28.2. The van der Waals surface area contributed by atoms with Gasteiger partial charge in [0.1, 0.15) is 11.5 Å². The number of carbonyl (C=O) groups excluding carboxylic acids is 1. The van der Waals surface area contributed by atoms with Crippen LogP contribution in [0.4, 0.5) is 5.69 Å². The van der Waals surface area contributed by atoms with Crippen LogP contribution in [0.25, 0.3) is 0 Å². The quantitative estimate of drug-likeness (QED) is 0.293. The summed E-state index contributed by atoms with van der Waals surface area (Å²) in [5, 5.41) is 14.5. The molecule has 0 spiro atoms. The zero-order chi connectivity index (χ0) is 26.1. The molecule has 0 saturated heterocycles. The topological polar surface area (TPSA) is 58.6 Å². The lowest BCUT2D eigenvalue weighted by Crippen LogP contribution is -2.33. The summed E-state index contributed by atoms with van der Waals surface area (Å²) in [6, 6.07) is 10.0. The molecule has 1 amide bonds. The lowest BCUT2D eigenvalue weighted by molar-refractivity contribution is -0.122. The molecule has 0 heterocycles.